The lowest BCUT2D eigenvalue weighted by Crippen LogP contribution is -2.28. The highest BCUT2D eigenvalue weighted by Gasteiger charge is 2.23. The Morgan fingerprint density at radius 2 is 2.50 bits per heavy atom. The first-order valence-corrected chi connectivity index (χ1v) is 2.92. The van der Waals surface area contributed by atoms with Crippen LogP contribution >= 0.6 is 0 Å². The van der Waals surface area contributed by atoms with Gasteiger partial charge in [0, 0.05) is 6.08 Å². The SMILES string of the molecule is O=C1C=C[C@H]([C@@H](O)CO)O1. The van der Waals surface area contributed by atoms with E-state index in [1.54, 1.807) is 0 Å². The lowest BCUT2D eigenvalue weighted by Gasteiger charge is -2.12. The van der Waals surface area contributed by atoms with Gasteiger partial charge in [0.15, 0.2) is 0 Å². The van der Waals surface area contributed by atoms with Crippen molar-refractivity contribution in [3.8, 4) is 0 Å². The maximum Gasteiger partial charge on any atom is 0.331 e. The fraction of sp³-hybridized carbons (Fsp3) is 0.500. The van der Waals surface area contributed by atoms with Crippen LogP contribution in [0.2, 0.25) is 0 Å². The third-order valence-corrected chi connectivity index (χ3v) is 1.24. The smallest absolute Gasteiger partial charge is 0.331 e. The van der Waals surface area contributed by atoms with Crippen molar-refractivity contribution in [2.45, 2.75) is 12.2 Å². The Morgan fingerprint density at radius 1 is 1.80 bits per heavy atom. The number of cyclic esters (lactones) is 1. The van der Waals surface area contributed by atoms with E-state index in [0.29, 0.717) is 0 Å². The molecule has 0 aromatic heterocycles. The first kappa shape index (κ1) is 7.24. The normalized spacial score (nSPS) is 26.6. The molecule has 1 aliphatic rings. The van der Waals surface area contributed by atoms with Crippen LogP contribution in [0.5, 0.6) is 0 Å². The molecule has 1 heterocycles. The van der Waals surface area contributed by atoms with Crippen LogP contribution in [0, 0.1) is 0 Å². The van der Waals surface area contributed by atoms with E-state index in [9.17, 15) is 4.79 Å². The van der Waals surface area contributed by atoms with Gasteiger partial charge in [0.05, 0.1) is 6.61 Å². The van der Waals surface area contributed by atoms with Crippen molar-refractivity contribution in [3.05, 3.63) is 12.2 Å². The number of ether oxygens (including phenoxy) is 1. The molecule has 0 amide bonds. The third kappa shape index (κ3) is 1.34. The van der Waals surface area contributed by atoms with E-state index in [1.807, 2.05) is 0 Å². The summed E-state index contributed by atoms with van der Waals surface area (Å²) in [5.74, 6) is -0.475. The highest BCUT2D eigenvalue weighted by atomic mass is 16.6. The maximum atomic E-state index is 10.4. The van der Waals surface area contributed by atoms with Crippen LogP contribution in [0.4, 0.5) is 0 Å². The highest BCUT2D eigenvalue weighted by molar-refractivity contribution is 5.84. The average Bonchev–Trinajstić information content (AvgIpc) is 2.34. The van der Waals surface area contributed by atoms with Crippen molar-refractivity contribution in [2.75, 3.05) is 6.61 Å². The van der Waals surface area contributed by atoms with Gasteiger partial charge in [0.2, 0.25) is 0 Å². The van der Waals surface area contributed by atoms with Crippen LogP contribution in [-0.4, -0.2) is 35.0 Å². The predicted molar refractivity (Wildman–Crippen MR) is 32.1 cm³/mol. The Hall–Kier alpha value is -0.870. The zero-order valence-corrected chi connectivity index (χ0v) is 5.23. The van der Waals surface area contributed by atoms with Crippen molar-refractivity contribution in [2.24, 2.45) is 0 Å². The molecule has 4 heteroatoms. The zero-order chi connectivity index (χ0) is 7.56. The van der Waals surface area contributed by atoms with E-state index in [0.717, 1.165) is 0 Å². The summed E-state index contributed by atoms with van der Waals surface area (Å²) in [6.45, 7) is -0.401. The molecule has 1 aliphatic heterocycles. The van der Waals surface area contributed by atoms with Crippen molar-refractivity contribution in [3.63, 3.8) is 0 Å². The van der Waals surface area contributed by atoms with Crippen molar-refractivity contribution in [1.82, 2.24) is 0 Å². The molecule has 0 saturated carbocycles. The van der Waals surface area contributed by atoms with Crippen molar-refractivity contribution >= 4 is 5.97 Å². The number of hydrogen-bond acceptors (Lipinski definition) is 4. The average molecular weight is 144 g/mol. The van der Waals surface area contributed by atoms with Crippen molar-refractivity contribution in [1.29, 1.82) is 0 Å². The number of aliphatic hydroxyl groups is 2. The molecule has 2 N–H and O–H groups in total. The molecular weight excluding hydrogens is 136 g/mol. The number of aliphatic hydroxyl groups excluding tert-OH is 2. The minimum Gasteiger partial charge on any atom is -0.452 e. The van der Waals surface area contributed by atoms with Crippen LogP contribution < -0.4 is 0 Å². The van der Waals surface area contributed by atoms with Crippen LogP contribution in [0.3, 0.4) is 0 Å². The fourth-order valence-electron chi connectivity index (χ4n) is 0.697. The molecule has 4 nitrogen and oxygen atoms in total. The van der Waals surface area contributed by atoms with E-state index in [-0.39, 0.29) is 0 Å². The lowest BCUT2D eigenvalue weighted by molar-refractivity contribution is -0.143. The lowest BCUT2D eigenvalue weighted by atomic mass is 10.2. The largest absolute Gasteiger partial charge is 0.452 e. The number of rotatable bonds is 2. The van der Waals surface area contributed by atoms with Gasteiger partial charge < -0.3 is 14.9 Å². The standard InChI is InChI=1S/C6H8O4/c7-3-4(8)5-1-2-6(9)10-5/h1-2,4-5,7-8H,3H2/t4-,5+/m0/s1. The van der Waals surface area contributed by atoms with Crippen molar-refractivity contribution < 1.29 is 19.7 Å². The minimum atomic E-state index is -0.998. The molecule has 0 spiro atoms. The number of esters is 1. The molecule has 2 atom stereocenters. The van der Waals surface area contributed by atoms with Gasteiger partial charge in [-0.2, -0.15) is 0 Å². The zero-order valence-electron chi connectivity index (χ0n) is 5.23. The second kappa shape index (κ2) is 2.81. The summed E-state index contributed by atoms with van der Waals surface area (Å²) in [5, 5.41) is 17.3. The molecule has 56 valence electrons. The number of carbonyl (C=O) groups is 1. The monoisotopic (exact) mass is 144 g/mol. The maximum absolute atomic E-state index is 10.4. The Bertz CT molecular complexity index is 163. The Morgan fingerprint density at radius 3 is 2.90 bits per heavy atom. The Kier molecular flexibility index (Phi) is 2.03. The molecular formula is C6H8O4. The topological polar surface area (TPSA) is 66.8 Å². The summed E-state index contributed by atoms with van der Waals surface area (Å²) in [4.78, 5) is 10.4. The van der Waals surface area contributed by atoms with Gasteiger partial charge in [-0.3, -0.25) is 0 Å². The first-order valence-electron chi connectivity index (χ1n) is 2.92. The summed E-state index contributed by atoms with van der Waals surface area (Å²) in [6, 6.07) is 0. The molecule has 1 rings (SSSR count). The van der Waals surface area contributed by atoms with Crippen LogP contribution in [-0.2, 0) is 9.53 Å². The summed E-state index contributed by atoms with van der Waals surface area (Å²) in [6.07, 6.45) is 0.979. The van der Waals surface area contributed by atoms with Gasteiger partial charge in [-0.05, 0) is 6.08 Å². The summed E-state index contributed by atoms with van der Waals surface area (Å²) in [7, 11) is 0. The fourth-order valence-corrected chi connectivity index (χ4v) is 0.697. The van der Waals surface area contributed by atoms with E-state index >= 15 is 0 Å². The van der Waals surface area contributed by atoms with Crippen LogP contribution in [0.1, 0.15) is 0 Å². The second-order valence-corrected chi connectivity index (χ2v) is 2.01. The molecule has 0 aromatic rings. The first-order chi connectivity index (χ1) is 4.74. The predicted octanol–water partition coefficient (Wildman–Crippen LogP) is -1.18. The van der Waals surface area contributed by atoms with E-state index < -0.39 is 24.8 Å². The molecule has 0 aromatic carbocycles. The summed E-state index contributed by atoms with van der Waals surface area (Å²) in [5.41, 5.74) is 0. The minimum absolute atomic E-state index is 0.401. The van der Waals surface area contributed by atoms with E-state index in [2.05, 4.69) is 4.74 Å². The third-order valence-electron chi connectivity index (χ3n) is 1.24. The summed E-state index contributed by atoms with van der Waals surface area (Å²) >= 11 is 0. The molecule has 10 heavy (non-hydrogen) atoms. The molecule has 0 unspecified atom stereocenters. The van der Waals surface area contributed by atoms with Crippen LogP contribution in [0.25, 0.3) is 0 Å². The van der Waals surface area contributed by atoms with E-state index in [4.69, 9.17) is 10.2 Å². The van der Waals surface area contributed by atoms with Gasteiger partial charge in [0.25, 0.3) is 0 Å². The Labute approximate surface area is 57.7 Å². The van der Waals surface area contributed by atoms with Gasteiger partial charge in [-0.15, -0.1) is 0 Å². The Balaban J connectivity index is 2.46. The van der Waals surface area contributed by atoms with Gasteiger partial charge in [0.1, 0.15) is 12.2 Å². The van der Waals surface area contributed by atoms with E-state index in [1.165, 1.54) is 12.2 Å². The highest BCUT2D eigenvalue weighted by Crippen LogP contribution is 2.08. The van der Waals surface area contributed by atoms with Crippen LogP contribution in [0.15, 0.2) is 12.2 Å². The molecule has 0 bridgehead atoms. The molecule has 0 saturated heterocycles. The van der Waals surface area contributed by atoms with Gasteiger partial charge in [-0.1, -0.05) is 0 Å². The molecule has 0 radical (unpaired) electrons. The van der Waals surface area contributed by atoms with Gasteiger partial charge in [-0.25, -0.2) is 4.79 Å². The molecule has 0 fully saturated rings. The van der Waals surface area contributed by atoms with Gasteiger partial charge >= 0.3 is 5.97 Å². The quantitative estimate of drug-likeness (QED) is 0.479. The number of carbonyl (C=O) groups excluding carboxylic acids is 1. The molecule has 0 aliphatic carbocycles. The summed E-state index contributed by atoms with van der Waals surface area (Å²) < 4.78 is 4.55. The second-order valence-electron chi connectivity index (χ2n) is 2.01. The number of hydrogen-bond donors (Lipinski definition) is 2.